The smallest absolute Gasteiger partial charge is 0.416 e. The average molecular weight is 362 g/mol. The van der Waals surface area contributed by atoms with Crippen LogP contribution < -0.4 is 5.32 Å². The molecular formula is C17H22F4N2O2. The highest BCUT2D eigenvalue weighted by Crippen LogP contribution is 2.46. The molecule has 0 radical (unpaired) electrons. The number of rotatable bonds is 3. The molecule has 2 heterocycles. The largest absolute Gasteiger partial charge is 0.505 e. The standard InChI is InChI=1S/C17H22F4N2O2/c18-13-2-1-12(17(19,20)21)14(16(13)24)15(11-3-9-25-10-4-11)23-7-5-22-6-8-23/h1-2,11,15,22,24H,3-10H2/t15-/m0/s1. The maximum Gasteiger partial charge on any atom is 0.416 e. The van der Waals surface area contributed by atoms with Crippen LogP contribution in [-0.2, 0) is 10.9 Å². The molecule has 2 aliphatic heterocycles. The van der Waals surface area contributed by atoms with Gasteiger partial charge in [-0.3, -0.25) is 4.90 Å². The molecule has 2 fully saturated rings. The number of ether oxygens (including phenoxy) is 1. The minimum absolute atomic E-state index is 0.124. The van der Waals surface area contributed by atoms with E-state index in [9.17, 15) is 22.7 Å². The van der Waals surface area contributed by atoms with E-state index in [2.05, 4.69) is 5.32 Å². The molecule has 2 N–H and O–H groups in total. The Labute approximate surface area is 143 Å². The van der Waals surface area contributed by atoms with Crippen LogP contribution in [0.3, 0.4) is 0 Å². The van der Waals surface area contributed by atoms with Gasteiger partial charge in [0.05, 0.1) is 5.56 Å². The number of hydrogen-bond acceptors (Lipinski definition) is 4. The minimum Gasteiger partial charge on any atom is -0.505 e. The second-order valence-corrected chi connectivity index (χ2v) is 6.54. The maximum absolute atomic E-state index is 14.0. The first kappa shape index (κ1) is 18.4. The number of halogens is 4. The van der Waals surface area contributed by atoms with Gasteiger partial charge in [0.15, 0.2) is 11.6 Å². The maximum atomic E-state index is 14.0. The summed E-state index contributed by atoms with van der Waals surface area (Å²) in [5.41, 5.74) is -1.29. The van der Waals surface area contributed by atoms with Gasteiger partial charge in [-0.05, 0) is 30.9 Å². The number of phenols is 1. The summed E-state index contributed by atoms with van der Waals surface area (Å²) in [7, 11) is 0. The van der Waals surface area contributed by atoms with Gasteiger partial charge in [0.25, 0.3) is 0 Å². The van der Waals surface area contributed by atoms with Crippen molar-refractivity contribution in [2.75, 3.05) is 39.4 Å². The Morgan fingerprint density at radius 3 is 2.40 bits per heavy atom. The van der Waals surface area contributed by atoms with Crippen molar-refractivity contribution in [1.29, 1.82) is 0 Å². The van der Waals surface area contributed by atoms with Crippen molar-refractivity contribution in [3.8, 4) is 5.75 Å². The molecule has 0 aliphatic carbocycles. The van der Waals surface area contributed by atoms with Gasteiger partial charge in [0, 0.05) is 51.0 Å². The molecule has 4 nitrogen and oxygen atoms in total. The summed E-state index contributed by atoms with van der Waals surface area (Å²) in [5, 5.41) is 13.4. The van der Waals surface area contributed by atoms with E-state index in [0.717, 1.165) is 6.07 Å². The number of alkyl halides is 3. The van der Waals surface area contributed by atoms with Gasteiger partial charge in [-0.2, -0.15) is 13.2 Å². The average Bonchev–Trinajstić information content (AvgIpc) is 2.60. The molecule has 8 heteroatoms. The summed E-state index contributed by atoms with van der Waals surface area (Å²) < 4.78 is 60.0. The predicted octanol–water partition coefficient (Wildman–Crippen LogP) is 2.92. The molecule has 0 aromatic heterocycles. The van der Waals surface area contributed by atoms with E-state index in [-0.39, 0.29) is 11.5 Å². The number of hydrogen-bond donors (Lipinski definition) is 2. The zero-order valence-electron chi connectivity index (χ0n) is 13.8. The summed E-state index contributed by atoms with van der Waals surface area (Å²) >= 11 is 0. The summed E-state index contributed by atoms with van der Waals surface area (Å²) in [4.78, 5) is 1.93. The second-order valence-electron chi connectivity index (χ2n) is 6.54. The number of nitrogens with one attached hydrogen (secondary N) is 1. The van der Waals surface area contributed by atoms with Crippen LogP contribution in [0.4, 0.5) is 17.6 Å². The number of nitrogens with zero attached hydrogens (tertiary/aromatic N) is 1. The Balaban J connectivity index is 2.09. The molecule has 2 saturated heterocycles. The molecular weight excluding hydrogens is 340 g/mol. The lowest BCUT2D eigenvalue weighted by Gasteiger charge is -2.42. The number of phenolic OH excluding ortho intramolecular Hbond substituents is 1. The third kappa shape index (κ3) is 3.91. The van der Waals surface area contributed by atoms with E-state index >= 15 is 0 Å². The van der Waals surface area contributed by atoms with Crippen LogP contribution in [-0.4, -0.2) is 49.4 Å². The van der Waals surface area contributed by atoms with E-state index in [0.29, 0.717) is 58.3 Å². The molecule has 3 rings (SSSR count). The van der Waals surface area contributed by atoms with Gasteiger partial charge in [-0.15, -0.1) is 0 Å². The van der Waals surface area contributed by atoms with Gasteiger partial charge in [-0.1, -0.05) is 0 Å². The van der Waals surface area contributed by atoms with Crippen molar-refractivity contribution in [2.24, 2.45) is 5.92 Å². The van der Waals surface area contributed by atoms with E-state index in [1.165, 1.54) is 0 Å². The molecule has 1 aromatic carbocycles. The van der Waals surface area contributed by atoms with Crippen LogP contribution in [0.15, 0.2) is 12.1 Å². The highest BCUT2D eigenvalue weighted by atomic mass is 19.4. The summed E-state index contributed by atoms with van der Waals surface area (Å²) in [6, 6.07) is 0.734. The van der Waals surface area contributed by atoms with E-state index in [4.69, 9.17) is 4.74 Å². The predicted molar refractivity (Wildman–Crippen MR) is 83.8 cm³/mol. The summed E-state index contributed by atoms with van der Waals surface area (Å²) in [5.74, 6) is -2.03. The summed E-state index contributed by atoms with van der Waals surface area (Å²) in [6.07, 6.45) is -3.48. The molecule has 140 valence electrons. The fourth-order valence-electron chi connectivity index (χ4n) is 3.84. The van der Waals surface area contributed by atoms with Crippen LogP contribution in [0, 0.1) is 11.7 Å². The highest BCUT2D eigenvalue weighted by Gasteiger charge is 2.42. The fraction of sp³-hybridized carbons (Fsp3) is 0.647. The van der Waals surface area contributed by atoms with E-state index < -0.39 is 29.3 Å². The van der Waals surface area contributed by atoms with Crippen molar-refractivity contribution < 1.29 is 27.4 Å². The topological polar surface area (TPSA) is 44.7 Å². The van der Waals surface area contributed by atoms with Crippen molar-refractivity contribution in [2.45, 2.75) is 25.1 Å². The Bertz CT molecular complexity index is 579. The lowest BCUT2D eigenvalue weighted by molar-refractivity contribution is -0.139. The summed E-state index contributed by atoms with van der Waals surface area (Å²) in [6.45, 7) is 3.33. The SMILES string of the molecule is Oc1c(F)ccc(C(F)(F)F)c1[C@H](C1CCOCC1)N1CCNCC1. The number of benzene rings is 1. The first-order chi connectivity index (χ1) is 11.9. The number of aromatic hydroxyl groups is 1. The Morgan fingerprint density at radius 2 is 1.80 bits per heavy atom. The second kappa shape index (κ2) is 7.47. The molecule has 0 unspecified atom stereocenters. The zero-order valence-corrected chi connectivity index (χ0v) is 13.8. The van der Waals surface area contributed by atoms with Crippen LogP contribution in [0.25, 0.3) is 0 Å². The van der Waals surface area contributed by atoms with Crippen molar-refractivity contribution in [3.63, 3.8) is 0 Å². The monoisotopic (exact) mass is 362 g/mol. The first-order valence-corrected chi connectivity index (χ1v) is 8.50. The molecule has 1 atom stereocenters. The minimum atomic E-state index is -4.65. The molecule has 2 aliphatic rings. The number of piperazine rings is 1. The van der Waals surface area contributed by atoms with Gasteiger partial charge in [0.1, 0.15) is 0 Å². The van der Waals surface area contributed by atoms with Crippen molar-refractivity contribution >= 4 is 0 Å². The van der Waals surface area contributed by atoms with E-state index in [1.54, 1.807) is 0 Å². The molecule has 25 heavy (non-hydrogen) atoms. The van der Waals surface area contributed by atoms with Crippen LogP contribution in [0.2, 0.25) is 0 Å². The Hall–Kier alpha value is -1.38. The van der Waals surface area contributed by atoms with Gasteiger partial charge >= 0.3 is 6.18 Å². The van der Waals surface area contributed by atoms with Crippen molar-refractivity contribution in [1.82, 2.24) is 10.2 Å². The lowest BCUT2D eigenvalue weighted by Crippen LogP contribution is -2.48. The highest BCUT2D eigenvalue weighted by molar-refractivity contribution is 5.45. The van der Waals surface area contributed by atoms with Crippen LogP contribution in [0.1, 0.15) is 30.0 Å². The quantitative estimate of drug-likeness (QED) is 0.812. The Morgan fingerprint density at radius 1 is 1.16 bits per heavy atom. The Kier molecular flexibility index (Phi) is 5.50. The van der Waals surface area contributed by atoms with E-state index in [1.807, 2.05) is 4.90 Å². The van der Waals surface area contributed by atoms with Crippen LogP contribution >= 0.6 is 0 Å². The zero-order chi connectivity index (χ0) is 18.0. The van der Waals surface area contributed by atoms with Gasteiger partial charge in [-0.25, -0.2) is 4.39 Å². The third-order valence-corrected chi connectivity index (χ3v) is 5.03. The van der Waals surface area contributed by atoms with Crippen molar-refractivity contribution in [3.05, 3.63) is 29.1 Å². The van der Waals surface area contributed by atoms with Crippen LogP contribution in [0.5, 0.6) is 5.75 Å². The first-order valence-electron chi connectivity index (χ1n) is 8.50. The molecule has 1 aromatic rings. The molecule has 0 amide bonds. The third-order valence-electron chi connectivity index (χ3n) is 5.03. The molecule has 0 spiro atoms. The fourth-order valence-corrected chi connectivity index (χ4v) is 3.84. The normalized spacial score (nSPS) is 22.1. The van der Waals surface area contributed by atoms with Gasteiger partial charge in [0.2, 0.25) is 0 Å². The molecule has 0 saturated carbocycles. The molecule has 0 bridgehead atoms. The lowest BCUT2D eigenvalue weighted by atomic mass is 9.83. The van der Waals surface area contributed by atoms with Gasteiger partial charge < -0.3 is 15.2 Å².